The molecule has 0 radical (unpaired) electrons. The highest BCUT2D eigenvalue weighted by Gasteiger charge is 2.17. The Balaban J connectivity index is 2.77. The third-order valence-corrected chi connectivity index (χ3v) is 3.13. The van der Waals surface area contributed by atoms with Gasteiger partial charge < -0.3 is 14.7 Å². The van der Waals surface area contributed by atoms with Crippen LogP contribution in [0, 0.1) is 0 Å². The van der Waals surface area contributed by atoms with Gasteiger partial charge in [-0.3, -0.25) is 4.79 Å². The lowest BCUT2D eigenvalue weighted by Crippen LogP contribution is -2.34. The number of benzene rings is 1. The zero-order chi connectivity index (χ0) is 15.1. The molecule has 0 aliphatic heterocycles. The Morgan fingerprint density at radius 1 is 1.40 bits per heavy atom. The Morgan fingerprint density at radius 2 is 2.10 bits per heavy atom. The second-order valence-electron chi connectivity index (χ2n) is 4.76. The highest BCUT2D eigenvalue weighted by Crippen LogP contribution is 2.16. The summed E-state index contributed by atoms with van der Waals surface area (Å²) >= 11 is 0. The summed E-state index contributed by atoms with van der Waals surface area (Å²) in [5.41, 5.74) is 0.498. The number of rotatable bonds is 7. The van der Waals surface area contributed by atoms with E-state index in [1.54, 1.807) is 36.2 Å². The van der Waals surface area contributed by atoms with Crippen molar-refractivity contribution in [2.45, 2.75) is 32.7 Å². The van der Waals surface area contributed by atoms with Crippen molar-refractivity contribution in [3.63, 3.8) is 0 Å². The molecule has 0 bridgehead atoms. The van der Waals surface area contributed by atoms with Gasteiger partial charge in [-0.05, 0) is 31.5 Å². The SMILES string of the molecule is CCCC(C)N(C)C(=O)c1cccc(OCC(=O)O)c1. The van der Waals surface area contributed by atoms with E-state index >= 15 is 0 Å². The van der Waals surface area contributed by atoms with Gasteiger partial charge >= 0.3 is 5.97 Å². The fraction of sp³-hybridized carbons (Fsp3) is 0.467. The molecule has 20 heavy (non-hydrogen) atoms. The van der Waals surface area contributed by atoms with Gasteiger partial charge in [-0.15, -0.1) is 0 Å². The number of aliphatic carboxylic acids is 1. The highest BCUT2D eigenvalue weighted by molar-refractivity contribution is 5.94. The summed E-state index contributed by atoms with van der Waals surface area (Å²) in [5.74, 6) is -0.753. The fourth-order valence-electron chi connectivity index (χ4n) is 1.88. The molecule has 1 rings (SSSR count). The van der Waals surface area contributed by atoms with E-state index in [-0.39, 0.29) is 11.9 Å². The highest BCUT2D eigenvalue weighted by atomic mass is 16.5. The van der Waals surface area contributed by atoms with Crippen LogP contribution in [0.15, 0.2) is 24.3 Å². The predicted molar refractivity (Wildman–Crippen MR) is 76.0 cm³/mol. The van der Waals surface area contributed by atoms with Crippen LogP contribution in [-0.2, 0) is 4.79 Å². The summed E-state index contributed by atoms with van der Waals surface area (Å²) < 4.78 is 5.08. The number of carbonyl (C=O) groups excluding carboxylic acids is 1. The topological polar surface area (TPSA) is 66.8 Å². The molecule has 0 aromatic heterocycles. The van der Waals surface area contributed by atoms with Gasteiger partial charge in [0.15, 0.2) is 6.61 Å². The minimum Gasteiger partial charge on any atom is -0.482 e. The molecule has 1 aromatic rings. The van der Waals surface area contributed by atoms with Crippen LogP contribution in [0.1, 0.15) is 37.0 Å². The maximum atomic E-state index is 12.3. The lowest BCUT2D eigenvalue weighted by atomic mass is 10.1. The van der Waals surface area contributed by atoms with Gasteiger partial charge in [-0.25, -0.2) is 4.79 Å². The van der Waals surface area contributed by atoms with Gasteiger partial charge in [0.25, 0.3) is 5.91 Å². The number of carboxylic acids is 1. The van der Waals surface area contributed by atoms with Gasteiger partial charge in [-0.1, -0.05) is 19.4 Å². The molecule has 5 nitrogen and oxygen atoms in total. The van der Waals surface area contributed by atoms with Gasteiger partial charge in [0.05, 0.1) is 0 Å². The standard InChI is InChI=1S/C15H21NO4/c1-4-6-11(2)16(3)15(19)12-7-5-8-13(9-12)20-10-14(17)18/h5,7-9,11H,4,6,10H2,1-3H3,(H,17,18). The molecule has 1 aromatic carbocycles. The summed E-state index contributed by atoms with van der Waals surface area (Å²) in [5, 5.41) is 8.57. The van der Waals surface area contributed by atoms with Crippen LogP contribution in [0.2, 0.25) is 0 Å². The number of nitrogens with zero attached hydrogens (tertiary/aromatic N) is 1. The Labute approximate surface area is 119 Å². The summed E-state index contributed by atoms with van der Waals surface area (Å²) in [7, 11) is 1.77. The quantitative estimate of drug-likeness (QED) is 0.832. The fourth-order valence-corrected chi connectivity index (χ4v) is 1.88. The molecule has 0 fully saturated rings. The minimum absolute atomic E-state index is 0.0910. The third kappa shape index (κ3) is 4.57. The molecule has 1 unspecified atom stereocenters. The molecule has 0 saturated heterocycles. The van der Waals surface area contributed by atoms with E-state index < -0.39 is 12.6 Å². The number of hydrogen-bond donors (Lipinski definition) is 1. The summed E-state index contributed by atoms with van der Waals surface area (Å²) in [6, 6.07) is 6.75. The zero-order valence-corrected chi connectivity index (χ0v) is 12.1. The van der Waals surface area contributed by atoms with E-state index in [1.165, 1.54) is 0 Å². The van der Waals surface area contributed by atoms with Crippen molar-refractivity contribution >= 4 is 11.9 Å². The van der Waals surface area contributed by atoms with E-state index in [2.05, 4.69) is 6.92 Å². The van der Waals surface area contributed by atoms with Crippen LogP contribution in [0.4, 0.5) is 0 Å². The maximum Gasteiger partial charge on any atom is 0.341 e. The van der Waals surface area contributed by atoms with E-state index in [4.69, 9.17) is 9.84 Å². The van der Waals surface area contributed by atoms with Gasteiger partial charge in [0, 0.05) is 18.7 Å². The first-order chi connectivity index (χ1) is 9.45. The largest absolute Gasteiger partial charge is 0.482 e. The van der Waals surface area contributed by atoms with Crippen LogP contribution in [0.5, 0.6) is 5.75 Å². The summed E-state index contributed by atoms with van der Waals surface area (Å²) in [6.45, 7) is 3.67. The molecule has 1 amide bonds. The van der Waals surface area contributed by atoms with Crippen molar-refractivity contribution in [3.8, 4) is 5.75 Å². The lowest BCUT2D eigenvalue weighted by Gasteiger charge is -2.24. The Hall–Kier alpha value is -2.04. The van der Waals surface area contributed by atoms with Gasteiger partial charge in [0.1, 0.15) is 5.75 Å². The van der Waals surface area contributed by atoms with Crippen molar-refractivity contribution in [2.24, 2.45) is 0 Å². The first-order valence-electron chi connectivity index (χ1n) is 6.67. The molecule has 0 aliphatic rings. The van der Waals surface area contributed by atoms with Crippen LogP contribution < -0.4 is 4.74 Å². The number of ether oxygens (including phenoxy) is 1. The predicted octanol–water partition coefficient (Wildman–Crippen LogP) is 2.41. The van der Waals surface area contributed by atoms with Crippen molar-refractivity contribution in [2.75, 3.05) is 13.7 Å². The Morgan fingerprint density at radius 3 is 2.70 bits per heavy atom. The van der Waals surface area contributed by atoms with Crippen LogP contribution >= 0.6 is 0 Å². The minimum atomic E-state index is -1.05. The van der Waals surface area contributed by atoms with Crippen LogP contribution in [0.3, 0.4) is 0 Å². The van der Waals surface area contributed by atoms with Crippen molar-refractivity contribution < 1.29 is 19.4 Å². The molecular formula is C15H21NO4. The first kappa shape index (κ1) is 16.0. The molecular weight excluding hydrogens is 258 g/mol. The number of carbonyl (C=O) groups is 2. The average Bonchev–Trinajstić information content (AvgIpc) is 2.44. The van der Waals surface area contributed by atoms with E-state index in [1.807, 2.05) is 6.92 Å². The molecule has 5 heteroatoms. The Bertz CT molecular complexity index is 473. The molecule has 1 atom stereocenters. The first-order valence-corrected chi connectivity index (χ1v) is 6.67. The molecule has 0 aliphatic carbocycles. The van der Waals surface area contributed by atoms with E-state index in [9.17, 15) is 9.59 Å². The second-order valence-corrected chi connectivity index (χ2v) is 4.76. The molecule has 1 N–H and O–H groups in total. The van der Waals surface area contributed by atoms with Crippen LogP contribution in [0.25, 0.3) is 0 Å². The maximum absolute atomic E-state index is 12.3. The number of hydrogen-bond acceptors (Lipinski definition) is 3. The van der Waals surface area contributed by atoms with Gasteiger partial charge in [0.2, 0.25) is 0 Å². The monoisotopic (exact) mass is 279 g/mol. The number of amides is 1. The second kappa shape index (κ2) is 7.53. The van der Waals surface area contributed by atoms with Gasteiger partial charge in [-0.2, -0.15) is 0 Å². The average molecular weight is 279 g/mol. The van der Waals surface area contributed by atoms with E-state index in [0.29, 0.717) is 11.3 Å². The molecule has 0 heterocycles. The smallest absolute Gasteiger partial charge is 0.341 e. The summed E-state index contributed by atoms with van der Waals surface area (Å²) in [4.78, 5) is 24.5. The lowest BCUT2D eigenvalue weighted by molar-refractivity contribution is -0.139. The van der Waals surface area contributed by atoms with Crippen molar-refractivity contribution in [1.29, 1.82) is 0 Å². The number of carboxylic acid groups (broad SMARTS) is 1. The zero-order valence-electron chi connectivity index (χ0n) is 12.1. The molecule has 0 spiro atoms. The van der Waals surface area contributed by atoms with Crippen LogP contribution in [-0.4, -0.2) is 41.6 Å². The normalized spacial score (nSPS) is 11.8. The van der Waals surface area contributed by atoms with Crippen molar-refractivity contribution in [3.05, 3.63) is 29.8 Å². The summed E-state index contributed by atoms with van der Waals surface area (Å²) in [6.07, 6.45) is 1.96. The van der Waals surface area contributed by atoms with Crippen molar-refractivity contribution in [1.82, 2.24) is 4.90 Å². The third-order valence-electron chi connectivity index (χ3n) is 3.13. The Kier molecular flexibility index (Phi) is 6.03. The van der Waals surface area contributed by atoms with E-state index in [0.717, 1.165) is 12.8 Å². The molecule has 0 saturated carbocycles. The molecule has 110 valence electrons.